The molecule has 1 aliphatic rings. The van der Waals surface area contributed by atoms with Crippen LogP contribution in [0.25, 0.3) is 0 Å². The third-order valence-electron chi connectivity index (χ3n) is 3.88. The van der Waals surface area contributed by atoms with Crippen molar-refractivity contribution in [2.45, 2.75) is 39.4 Å². The molecule has 1 fully saturated rings. The molecule has 3 heteroatoms. The van der Waals surface area contributed by atoms with Crippen molar-refractivity contribution in [3.05, 3.63) is 34.9 Å². The molecule has 1 aromatic rings. The molecule has 106 valence electrons. The van der Waals surface area contributed by atoms with Gasteiger partial charge in [0.1, 0.15) is 0 Å². The van der Waals surface area contributed by atoms with E-state index in [9.17, 15) is 5.11 Å². The molecule has 0 saturated carbocycles. The predicted octanol–water partition coefficient (Wildman–Crippen LogP) is 2.45. The van der Waals surface area contributed by atoms with Gasteiger partial charge >= 0.3 is 0 Å². The van der Waals surface area contributed by atoms with E-state index >= 15 is 0 Å². The second-order valence-electron chi connectivity index (χ2n) is 5.65. The minimum atomic E-state index is -0.412. The summed E-state index contributed by atoms with van der Waals surface area (Å²) < 4.78 is 5.63. The van der Waals surface area contributed by atoms with Gasteiger partial charge in [0.25, 0.3) is 0 Å². The Morgan fingerprint density at radius 3 is 2.89 bits per heavy atom. The maximum absolute atomic E-state index is 10.4. The van der Waals surface area contributed by atoms with Gasteiger partial charge in [-0.15, -0.1) is 0 Å². The van der Waals surface area contributed by atoms with Crippen LogP contribution in [0.3, 0.4) is 0 Å². The second-order valence-corrected chi connectivity index (χ2v) is 5.65. The van der Waals surface area contributed by atoms with Crippen LogP contribution in [0, 0.1) is 13.8 Å². The van der Waals surface area contributed by atoms with Crippen molar-refractivity contribution in [1.29, 1.82) is 0 Å². The van der Waals surface area contributed by atoms with Crippen molar-refractivity contribution in [2.75, 3.05) is 26.2 Å². The smallest absolute Gasteiger partial charge is 0.0917 e. The van der Waals surface area contributed by atoms with E-state index in [1.807, 2.05) is 6.07 Å². The number of aliphatic hydroxyl groups is 1. The third kappa shape index (κ3) is 4.03. The van der Waals surface area contributed by atoms with E-state index in [4.69, 9.17) is 4.74 Å². The number of nitrogens with zero attached hydrogens (tertiary/aromatic N) is 1. The lowest BCUT2D eigenvalue weighted by Gasteiger charge is -2.25. The Bertz CT molecular complexity index is 419. The predicted molar refractivity (Wildman–Crippen MR) is 77.3 cm³/mol. The lowest BCUT2D eigenvalue weighted by atomic mass is 10.0. The highest BCUT2D eigenvalue weighted by molar-refractivity contribution is 5.31. The zero-order chi connectivity index (χ0) is 13.8. The number of hydrogen-bond donors (Lipinski definition) is 1. The highest BCUT2D eigenvalue weighted by Crippen LogP contribution is 2.19. The van der Waals surface area contributed by atoms with Crippen LogP contribution < -0.4 is 0 Å². The molecule has 19 heavy (non-hydrogen) atoms. The van der Waals surface area contributed by atoms with Crippen LogP contribution in [0.4, 0.5) is 0 Å². The maximum atomic E-state index is 10.4. The summed E-state index contributed by atoms with van der Waals surface area (Å²) in [4.78, 5) is 2.30. The van der Waals surface area contributed by atoms with E-state index in [0.29, 0.717) is 6.54 Å². The summed E-state index contributed by atoms with van der Waals surface area (Å²) in [5.74, 6) is 0. The largest absolute Gasteiger partial charge is 0.387 e. The number of hydrogen-bond acceptors (Lipinski definition) is 3. The number of aliphatic hydroxyl groups excluding tert-OH is 1. The molecule has 1 aromatic carbocycles. The maximum Gasteiger partial charge on any atom is 0.0917 e. The molecule has 2 rings (SSSR count). The van der Waals surface area contributed by atoms with Crippen LogP contribution in [-0.4, -0.2) is 42.4 Å². The van der Waals surface area contributed by atoms with Gasteiger partial charge in [0, 0.05) is 26.2 Å². The van der Waals surface area contributed by atoms with Gasteiger partial charge in [-0.3, -0.25) is 4.90 Å². The molecule has 1 aliphatic heterocycles. The molecule has 0 bridgehead atoms. The summed E-state index contributed by atoms with van der Waals surface area (Å²) in [6, 6.07) is 6.21. The molecular formula is C16H25NO2. The number of β-amino-alcohol motifs (C(OH)–C–C–N with tert-alkyl or cyclic N) is 1. The van der Waals surface area contributed by atoms with Gasteiger partial charge in [0.15, 0.2) is 0 Å². The fraction of sp³-hybridized carbons (Fsp3) is 0.625. The monoisotopic (exact) mass is 263 g/mol. The third-order valence-corrected chi connectivity index (χ3v) is 3.88. The van der Waals surface area contributed by atoms with E-state index < -0.39 is 6.10 Å². The topological polar surface area (TPSA) is 32.7 Å². The van der Waals surface area contributed by atoms with Crippen molar-refractivity contribution in [2.24, 2.45) is 0 Å². The van der Waals surface area contributed by atoms with E-state index in [2.05, 4.69) is 37.8 Å². The standard InChI is InChI=1S/C16H25NO2/c1-12-5-6-15(9-13(12)2)16(18)11-17-7-4-8-19-14(3)10-17/h5-6,9,14,16,18H,4,7-8,10-11H2,1-3H3. The van der Waals surface area contributed by atoms with E-state index in [1.165, 1.54) is 11.1 Å². The van der Waals surface area contributed by atoms with Gasteiger partial charge in [-0.25, -0.2) is 0 Å². The first-order valence-electron chi connectivity index (χ1n) is 7.15. The average molecular weight is 263 g/mol. The Kier molecular flexibility index (Phi) is 4.97. The molecule has 0 aromatic heterocycles. The first-order valence-corrected chi connectivity index (χ1v) is 7.15. The molecule has 2 atom stereocenters. The van der Waals surface area contributed by atoms with Crippen molar-refractivity contribution in [3.8, 4) is 0 Å². The molecular weight excluding hydrogens is 238 g/mol. The van der Waals surface area contributed by atoms with Gasteiger partial charge < -0.3 is 9.84 Å². The first-order chi connectivity index (χ1) is 9.06. The fourth-order valence-electron chi connectivity index (χ4n) is 2.57. The van der Waals surface area contributed by atoms with Crippen LogP contribution in [0.5, 0.6) is 0 Å². The van der Waals surface area contributed by atoms with Crippen LogP contribution in [0.1, 0.15) is 36.1 Å². The molecule has 0 amide bonds. The summed E-state index contributed by atoms with van der Waals surface area (Å²) in [5.41, 5.74) is 3.53. The molecule has 0 spiro atoms. The minimum absolute atomic E-state index is 0.259. The Morgan fingerprint density at radius 2 is 2.16 bits per heavy atom. The first kappa shape index (κ1) is 14.5. The quantitative estimate of drug-likeness (QED) is 0.909. The Morgan fingerprint density at radius 1 is 1.37 bits per heavy atom. The molecule has 0 aliphatic carbocycles. The van der Waals surface area contributed by atoms with Gasteiger partial charge in [0.2, 0.25) is 0 Å². The Balaban J connectivity index is 1.99. The fourth-order valence-corrected chi connectivity index (χ4v) is 2.57. The van der Waals surface area contributed by atoms with Gasteiger partial charge in [0.05, 0.1) is 12.2 Å². The molecule has 1 saturated heterocycles. The Hall–Kier alpha value is -0.900. The highest BCUT2D eigenvalue weighted by atomic mass is 16.5. The van der Waals surface area contributed by atoms with E-state index in [-0.39, 0.29) is 6.10 Å². The van der Waals surface area contributed by atoms with Crippen molar-refractivity contribution in [3.63, 3.8) is 0 Å². The molecule has 2 unspecified atom stereocenters. The van der Waals surface area contributed by atoms with Crippen molar-refractivity contribution >= 4 is 0 Å². The average Bonchev–Trinajstić information content (AvgIpc) is 2.57. The highest BCUT2D eigenvalue weighted by Gasteiger charge is 2.18. The van der Waals surface area contributed by atoms with Crippen LogP contribution in [0.15, 0.2) is 18.2 Å². The normalized spacial score (nSPS) is 23.1. The van der Waals surface area contributed by atoms with Crippen LogP contribution in [0.2, 0.25) is 0 Å². The summed E-state index contributed by atoms with van der Waals surface area (Å²) in [6.07, 6.45) is 0.892. The van der Waals surface area contributed by atoms with Crippen molar-refractivity contribution in [1.82, 2.24) is 4.90 Å². The van der Waals surface area contributed by atoms with Crippen LogP contribution in [-0.2, 0) is 4.74 Å². The zero-order valence-electron chi connectivity index (χ0n) is 12.2. The van der Waals surface area contributed by atoms with Gasteiger partial charge in [-0.1, -0.05) is 18.2 Å². The lowest BCUT2D eigenvalue weighted by Crippen LogP contribution is -2.33. The lowest BCUT2D eigenvalue weighted by molar-refractivity contribution is 0.0562. The molecule has 0 radical (unpaired) electrons. The second kappa shape index (κ2) is 6.51. The number of aryl methyl sites for hydroxylation is 2. The zero-order valence-corrected chi connectivity index (χ0v) is 12.2. The molecule has 1 heterocycles. The molecule has 3 nitrogen and oxygen atoms in total. The van der Waals surface area contributed by atoms with Crippen LogP contribution >= 0.6 is 0 Å². The van der Waals surface area contributed by atoms with Crippen molar-refractivity contribution < 1.29 is 9.84 Å². The minimum Gasteiger partial charge on any atom is -0.387 e. The number of ether oxygens (including phenoxy) is 1. The summed E-state index contributed by atoms with van der Waals surface area (Å²) in [7, 11) is 0. The SMILES string of the molecule is Cc1ccc(C(O)CN2CCCOC(C)C2)cc1C. The van der Waals surface area contributed by atoms with Gasteiger partial charge in [-0.2, -0.15) is 0 Å². The van der Waals surface area contributed by atoms with Gasteiger partial charge in [-0.05, 0) is 43.9 Å². The number of benzene rings is 1. The summed E-state index contributed by atoms with van der Waals surface area (Å²) in [6.45, 7) is 9.72. The summed E-state index contributed by atoms with van der Waals surface area (Å²) in [5, 5.41) is 10.4. The number of rotatable bonds is 3. The Labute approximate surface area is 116 Å². The van der Waals surface area contributed by atoms with E-state index in [1.54, 1.807) is 0 Å². The van der Waals surface area contributed by atoms with E-state index in [0.717, 1.165) is 31.7 Å². The summed E-state index contributed by atoms with van der Waals surface area (Å²) >= 11 is 0. The molecule has 1 N–H and O–H groups in total.